The Hall–Kier alpha value is -5.10. The molecule has 2 saturated carbocycles. The largest absolute Gasteiger partial charge is 0.496 e. The maximum absolute atomic E-state index is 12.9. The minimum absolute atomic E-state index is 0.170. The third-order valence-corrected chi connectivity index (χ3v) is 7.34. The molecule has 0 aliphatic heterocycles. The highest BCUT2D eigenvalue weighted by Gasteiger charge is 2.34. The summed E-state index contributed by atoms with van der Waals surface area (Å²) in [7, 11) is 1.54. The fourth-order valence-electron chi connectivity index (χ4n) is 5.14. The second-order valence-corrected chi connectivity index (χ2v) is 10.2. The van der Waals surface area contributed by atoms with Gasteiger partial charge in [0.05, 0.1) is 34.8 Å². The summed E-state index contributed by atoms with van der Waals surface area (Å²) in [6.45, 7) is 3.51. The number of ether oxygens (including phenoxy) is 1. The summed E-state index contributed by atoms with van der Waals surface area (Å²) in [5.41, 5.74) is 12.1. The van der Waals surface area contributed by atoms with E-state index in [1.165, 1.54) is 12.3 Å². The quantitative estimate of drug-likeness (QED) is 0.268. The van der Waals surface area contributed by atoms with Gasteiger partial charge in [0.25, 0.3) is 5.91 Å². The molecule has 4 aromatic rings. The van der Waals surface area contributed by atoms with E-state index < -0.39 is 0 Å². The Bertz CT molecular complexity index is 1720. The normalized spacial score (nSPS) is 14.4. The number of anilines is 2. The Kier molecular flexibility index (Phi) is 6.23. The number of aromatic nitrogens is 2. The summed E-state index contributed by atoms with van der Waals surface area (Å²) in [5.74, 6) is 0.293. The van der Waals surface area contributed by atoms with E-state index in [2.05, 4.69) is 32.8 Å². The second-order valence-electron chi connectivity index (χ2n) is 10.2. The standard InChI is InChI=1S/C31H28N6O3/c1-3-25(38)35-20-7-4-17(5-8-20)28-26(18-6-13-23(24(14-18)40-2)31(39)36-21-9-10-21)27-29(37(28)22-11-12-22)19(15-32)16-34-30(27)33/h3-8,13-14,16,21-22H,1,9-12H2,2H3,(H2,33,34)(H,35,38)(H,36,39). The molecule has 2 amide bonds. The number of rotatable bonds is 8. The minimum atomic E-state index is -0.295. The first-order chi connectivity index (χ1) is 19.4. The molecule has 0 radical (unpaired) electrons. The van der Waals surface area contributed by atoms with E-state index in [0.717, 1.165) is 53.6 Å². The zero-order valence-electron chi connectivity index (χ0n) is 22.0. The van der Waals surface area contributed by atoms with Gasteiger partial charge < -0.3 is 25.7 Å². The molecule has 0 unspecified atom stereocenters. The molecular formula is C31H28N6O3. The lowest BCUT2D eigenvalue weighted by Crippen LogP contribution is -2.25. The summed E-state index contributed by atoms with van der Waals surface area (Å²) in [4.78, 5) is 29.1. The number of methoxy groups -OCH3 is 1. The van der Waals surface area contributed by atoms with Crippen molar-refractivity contribution >= 4 is 34.2 Å². The van der Waals surface area contributed by atoms with Crippen LogP contribution in [0.2, 0.25) is 0 Å². The average Bonchev–Trinajstić information content (AvgIpc) is 3.92. The number of nitrogen functional groups attached to an aromatic ring is 1. The summed E-state index contributed by atoms with van der Waals surface area (Å²) in [6.07, 6.45) is 6.66. The van der Waals surface area contributed by atoms with E-state index >= 15 is 0 Å². The number of nitrogens with one attached hydrogen (secondary N) is 2. The molecule has 2 aliphatic rings. The molecule has 0 saturated heterocycles. The lowest BCUT2D eigenvalue weighted by Gasteiger charge is -2.15. The summed E-state index contributed by atoms with van der Waals surface area (Å²) in [6, 6.07) is 15.7. The Morgan fingerprint density at radius 3 is 2.50 bits per heavy atom. The van der Waals surface area contributed by atoms with Gasteiger partial charge in [0.15, 0.2) is 0 Å². The fraction of sp³-hybridized carbons (Fsp3) is 0.226. The fourth-order valence-corrected chi connectivity index (χ4v) is 5.14. The van der Waals surface area contributed by atoms with E-state index in [4.69, 9.17) is 10.5 Å². The highest BCUT2D eigenvalue weighted by Crippen LogP contribution is 2.50. The van der Waals surface area contributed by atoms with Gasteiger partial charge in [-0.15, -0.1) is 0 Å². The molecule has 0 bridgehead atoms. The number of carbonyl (C=O) groups excluding carboxylic acids is 2. The molecule has 2 fully saturated rings. The second kappa shape index (κ2) is 9.89. The SMILES string of the molecule is C=CC(=O)Nc1ccc(-c2c(-c3ccc(C(=O)NC4CC4)c(OC)c3)c3c(N)ncc(C#N)c3n2C2CC2)cc1. The number of carbonyl (C=O) groups is 2. The zero-order chi connectivity index (χ0) is 28.0. The molecule has 2 aromatic heterocycles. The minimum Gasteiger partial charge on any atom is -0.496 e. The van der Waals surface area contributed by atoms with E-state index in [1.807, 2.05) is 36.4 Å². The first-order valence-corrected chi connectivity index (χ1v) is 13.2. The van der Waals surface area contributed by atoms with Gasteiger partial charge in [-0.2, -0.15) is 5.26 Å². The van der Waals surface area contributed by atoms with Crippen LogP contribution in [0.1, 0.15) is 47.6 Å². The molecule has 2 aliphatic carbocycles. The third kappa shape index (κ3) is 4.43. The number of hydrogen-bond acceptors (Lipinski definition) is 6. The molecule has 2 aromatic carbocycles. The molecule has 2 heterocycles. The number of amides is 2. The number of benzene rings is 2. The zero-order valence-corrected chi connectivity index (χ0v) is 22.0. The summed E-state index contributed by atoms with van der Waals surface area (Å²) in [5, 5.41) is 16.5. The van der Waals surface area contributed by atoms with Crippen LogP contribution in [-0.4, -0.2) is 34.5 Å². The van der Waals surface area contributed by atoms with Gasteiger partial charge in [-0.05, 0) is 67.2 Å². The van der Waals surface area contributed by atoms with Crippen LogP contribution in [0.5, 0.6) is 5.75 Å². The van der Waals surface area contributed by atoms with Crippen molar-refractivity contribution in [1.29, 1.82) is 5.26 Å². The van der Waals surface area contributed by atoms with Gasteiger partial charge in [-0.1, -0.05) is 24.8 Å². The predicted octanol–water partition coefficient (Wildman–Crippen LogP) is 5.18. The van der Waals surface area contributed by atoms with Crippen LogP contribution in [0.25, 0.3) is 33.3 Å². The molecule has 4 N–H and O–H groups in total. The molecule has 9 heteroatoms. The topological polar surface area (TPSA) is 135 Å². The summed E-state index contributed by atoms with van der Waals surface area (Å²) >= 11 is 0. The van der Waals surface area contributed by atoms with Crippen LogP contribution in [0, 0.1) is 11.3 Å². The average molecular weight is 533 g/mol. The molecular weight excluding hydrogens is 504 g/mol. The highest BCUT2D eigenvalue weighted by atomic mass is 16.5. The molecule has 40 heavy (non-hydrogen) atoms. The highest BCUT2D eigenvalue weighted by molar-refractivity contribution is 6.11. The summed E-state index contributed by atoms with van der Waals surface area (Å²) < 4.78 is 7.87. The molecule has 200 valence electrons. The first kappa shape index (κ1) is 25.2. The van der Waals surface area contributed by atoms with Crippen LogP contribution < -0.4 is 21.1 Å². The van der Waals surface area contributed by atoms with Crippen molar-refractivity contribution in [3.8, 4) is 34.2 Å². The number of nitrogens with zero attached hydrogens (tertiary/aromatic N) is 3. The van der Waals surface area contributed by atoms with Gasteiger partial charge in [0.1, 0.15) is 17.6 Å². The van der Waals surface area contributed by atoms with Crippen molar-refractivity contribution in [3.63, 3.8) is 0 Å². The van der Waals surface area contributed by atoms with Gasteiger partial charge in [0.2, 0.25) is 5.91 Å². The number of nitrogens with two attached hydrogens (primary N) is 1. The van der Waals surface area contributed by atoms with Crippen LogP contribution in [0.15, 0.2) is 61.3 Å². The van der Waals surface area contributed by atoms with E-state index in [0.29, 0.717) is 33.8 Å². The number of nitriles is 1. The van der Waals surface area contributed by atoms with E-state index in [1.54, 1.807) is 13.2 Å². The Morgan fingerprint density at radius 1 is 1.15 bits per heavy atom. The van der Waals surface area contributed by atoms with Gasteiger partial charge in [-0.3, -0.25) is 9.59 Å². The third-order valence-electron chi connectivity index (χ3n) is 7.34. The molecule has 0 atom stereocenters. The Labute approximate surface area is 231 Å². The van der Waals surface area contributed by atoms with Crippen LogP contribution in [-0.2, 0) is 4.79 Å². The number of pyridine rings is 1. The molecule has 6 rings (SSSR count). The van der Waals surface area contributed by atoms with Gasteiger partial charge >= 0.3 is 0 Å². The van der Waals surface area contributed by atoms with Crippen molar-refractivity contribution in [2.24, 2.45) is 0 Å². The van der Waals surface area contributed by atoms with Crippen LogP contribution >= 0.6 is 0 Å². The van der Waals surface area contributed by atoms with Crippen LogP contribution in [0.3, 0.4) is 0 Å². The van der Waals surface area contributed by atoms with E-state index in [9.17, 15) is 14.9 Å². The lowest BCUT2D eigenvalue weighted by atomic mass is 9.96. The maximum Gasteiger partial charge on any atom is 0.255 e. The monoisotopic (exact) mass is 532 g/mol. The molecule has 9 nitrogen and oxygen atoms in total. The van der Waals surface area contributed by atoms with Gasteiger partial charge in [0, 0.05) is 29.5 Å². The Morgan fingerprint density at radius 2 is 1.88 bits per heavy atom. The smallest absolute Gasteiger partial charge is 0.255 e. The number of hydrogen-bond donors (Lipinski definition) is 3. The molecule has 0 spiro atoms. The van der Waals surface area contributed by atoms with E-state index in [-0.39, 0.29) is 23.9 Å². The van der Waals surface area contributed by atoms with Crippen molar-refractivity contribution in [2.45, 2.75) is 37.8 Å². The lowest BCUT2D eigenvalue weighted by molar-refractivity contribution is -0.111. The van der Waals surface area contributed by atoms with Crippen molar-refractivity contribution < 1.29 is 14.3 Å². The first-order valence-electron chi connectivity index (χ1n) is 13.2. The van der Waals surface area contributed by atoms with Crippen molar-refractivity contribution in [3.05, 3.63) is 72.4 Å². The van der Waals surface area contributed by atoms with Crippen molar-refractivity contribution in [1.82, 2.24) is 14.9 Å². The number of fused-ring (bicyclic) bond motifs is 1. The predicted molar refractivity (Wildman–Crippen MR) is 154 cm³/mol. The van der Waals surface area contributed by atoms with Crippen LogP contribution in [0.4, 0.5) is 11.5 Å². The van der Waals surface area contributed by atoms with Gasteiger partial charge in [-0.25, -0.2) is 4.98 Å². The maximum atomic E-state index is 12.9. The van der Waals surface area contributed by atoms with Crippen molar-refractivity contribution in [2.75, 3.05) is 18.2 Å². The Balaban J connectivity index is 1.59.